The molecule has 5 atom stereocenters. The van der Waals surface area contributed by atoms with E-state index < -0.39 is 0 Å². The van der Waals surface area contributed by atoms with Gasteiger partial charge in [-0.1, -0.05) is 5.92 Å². The molecule has 1 amide bonds. The molecule has 4 heteroatoms. The predicted molar refractivity (Wildman–Crippen MR) is 77.1 cm³/mol. The monoisotopic (exact) mass is 279 g/mol. The Morgan fingerprint density at radius 2 is 2.20 bits per heavy atom. The molecule has 4 nitrogen and oxygen atoms in total. The van der Waals surface area contributed by atoms with Crippen LogP contribution in [0.1, 0.15) is 46.0 Å². The molecule has 0 bridgehead atoms. The summed E-state index contributed by atoms with van der Waals surface area (Å²) >= 11 is 0. The standard InChI is InChI=1S/C16H25NO3/c1-4-8-19-14-7-5-6-13(10-14)17-16(18)15-9-11(2)20-12(15)3/h1,11-15H,5-10H2,2-3H3,(H,17,18). The van der Waals surface area contributed by atoms with E-state index in [0.717, 1.165) is 32.1 Å². The van der Waals surface area contributed by atoms with Crippen LogP contribution in [0.25, 0.3) is 0 Å². The van der Waals surface area contributed by atoms with Crippen molar-refractivity contribution in [3.05, 3.63) is 0 Å². The lowest BCUT2D eigenvalue weighted by atomic mass is 9.91. The number of hydrogen-bond acceptors (Lipinski definition) is 3. The number of carbonyl (C=O) groups is 1. The molecular weight excluding hydrogens is 254 g/mol. The van der Waals surface area contributed by atoms with Crippen molar-refractivity contribution in [2.45, 2.75) is 70.3 Å². The van der Waals surface area contributed by atoms with Crippen LogP contribution in [0.3, 0.4) is 0 Å². The van der Waals surface area contributed by atoms with Crippen molar-refractivity contribution in [3.8, 4) is 12.3 Å². The topological polar surface area (TPSA) is 47.6 Å². The third-order valence-electron chi connectivity index (χ3n) is 4.31. The number of ether oxygens (including phenoxy) is 2. The molecule has 112 valence electrons. The van der Waals surface area contributed by atoms with Gasteiger partial charge in [0, 0.05) is 6.04 Å². The maximum Gasteiger partial charge on any atom is 0.226 e. The van der Waals surface area contributed by atoms with Gasteiger partial charge in [0.05, 0.1) is 24.2 Å². The van der Waals surface area contributed by atoms with Crippen molar-refractivity contribution < 1.29 is 14.3 Å². The third-order valence-corrected chi connectivity index (χ3v) is 4.31. The van der Waals surface area contributed by atoms with Crippen LogP contribution in [0.4, 0.5) is 0 Å². The van der Waals surface area contributed by atoms with Crippen molar-refractivity contribution in [3.63, 3.8) is 0 Å². The first-order valence-corrected chi connectivity index (χ1v) is 7.61. The van der Waals surface area contributed by atoms with E-state index >= 15 is 0 Å². The van der Waals surface area contributed by atoms with Gasteiger partial charge >= 0.3 is 0 Å². The van der Waals surface area contributed by atoms with Gasteiger partial charge in [-0.05, 0) is 46.0 Å². The van der Waals surface area contributed by atoms with Crippen LogP contribution in [-0.2, 0) is 14.3 Å². The highest BCUT2D eigenvalue weighted by molar-refractivity contribution is 5.79. The van der Waals surface area contributed by atoms with Gasteiger partial charge in [-0.3, -0.25) is 4.79 Å². The molecule has 0 radical (unpaired) electrons. The molecule has 0 aromatic carbocycles. The van der Waals surface area contributed by atoms with Gasteiger partial charge in [0.1, 0.15) is 6.61 Å². The molecule has 1 saturated carbocycles. The van der Waals surface area contributed by atoms with Gasteiger partial charge in [0.2, 0.25) is 5.91 Å². The fourth-order valence-electron chi connectivity index (χ4n) is 3.29. The summed E-state index contributed by atoms with van der Waals surface area (Å²) in [5, 5.41) is 3.17. The molecule has 2 rings (SSSR count). The second kappa shape index (κ2) is 7.10. The highest BCUT2D eigenvalue weighted by Crippen LogP contribution is 2.27. The molecule has 0 spiro atoms. The predicted octanol–water partition coefficient (Wildman–Crippen LogP) is 1.88. The molecule has 1 heterocycles. The van der Waals surface area contributed by atoms with E-state index in [1.54, 1.807) is 0 Å². The molecule has 1 aliphatic heterocycles. The van der Waals surface area contributed by atoms with E-state index in [1.807, 2.05) is 13.8 Å². The second-order valence-corrected chi connectivity index (χ2v) is 6.00. The van der Waals surface area contributed by atoms with Crippen LogP contribution in [0, 0.1) is 18.3 Å². The second-order valence-electron chi connectivity index (χ2n) is 6.00. The van der Waals surface area contributed by atoms with E-state index in [-0.39, 0.29) is 36.2 Å². The SMILES string of the molecule is C#CCOC1CCCC(NC(=O)C2CC(C)OC2C)C1. The highest BCUT2D eigenvalue weighted by atomic mass is 16.5. The Labute approximate surface area is 121 Å². The largest absolute Gasteiger partial charge is 0.375 e. The Kier molecular flexibility index (Phi) is 5.45. The quantitative estimate of drug-likeness (QED) is 0.799. The Morgan fingerprint density at radius 1 is 1.40 bits per heavy atom. The molecule has 1 N–H and O–H groups in total. The lowest BCUT2D eigenvalue weighted by Gasteiger charge is -2.30. The van der Waals surface area contributed by atoms with Crippen LogP contribution >= 0.6 is 0 Å². The Bertz CT molecular complexity index is 376. The minimum Gasteiger partial charge on any atom is -0.375 e. The summed E-state index contributed by atoms with van der Waals surface area (Å²) in [5.41, 5.74) is 0. The maximum atomic E-state index is 12.3. The minimum atomic E-state index is -0.0167. The molecule has 0 aromatic heterocycles. The number of carbonyl (C=O) groups excluding carboxylic acids is 1. The van der Waals surface area contributed by atoms with Crippen LogP contribution in [-0.4, -0.2) is 36.9 Å². The number of rotatable bonds is 4. The first kappa shape index (κ1) is 15.3. The summed E-state index contributed by atoms with van der Waals surface area (Å²) in [6, 6.07) is 0.210. The Balaban J connectivity index is 1.80. The molecule has 2 fully saturated rings. The first-order valence-electron chi connectivity index (χ1n) is 7.61. The smallest absolute Gasteiger partial charge is 0.226 e. The fourth-order valence-corrected chi connectivity index (χ4v) is 3.29. The zero-order chi connectivity index (χ0) is 14.5. The molecular formula is C16H25NO3. The molecule has 20 heavy (non-hydrogen) atoms. The van der Waals surface area contributed by atoms with E-state index in [0.29, 0.717) is 6.61 Å². The normalized spacial score (nSPS) is 37.4. The summed E-state index contributed by atoms with van der Waals surface area (Å²) in [7, 11) is 0. The first-order chi connectivity index (χ1) is 9.60. The highest BCUT2D eigenvalue weighted by Gasteiger charge is 2.36. The molecule has 0 aromatic rings. The van der Waals surface area contributed by atoms with Crippen LogP contribution in [0.15, 0.2) is 0 Å². The summed E-state index contributed by atoms with van der Waals surface area (Å²) < 4.78 is 11.2. The molecule has 1 saturated heterocycles. The number of hydrogen-bond donors (Lipinski definition) is 1. The zero-order valence-electron chi connectivity index (χ0n) is 12.4. The molecule has 1 aliphatic carbocycles. The van der Waals surface area contributed by atoms with Gasteiger partial charge in [0.25, 0.3) is 0 Å². The van der Waals surface area contributed by atoms with Crippen LogP contribution < -0.4 is 5.32 Å². The summed E-state index contributed by atoms with van der Waals surface area (Å²) in [6.07, 6.45) is 10.4. The van der Waals surface area contributed by atoms with Gasteiger partial charge in [-0.2, -0.15) is 0 Å². The number of nitrogens with one attached hydrogen (secondary N) is 1. The van der Waals surface area contributed by atoms with Gasteiger partial charge in [0.15, 0.2) is 0 Å². The summed E-state index contributed by atoms with van der Waals surface area (Å²) in [4.78, 5) is 12.3. The Hall–Kier alpha value is -1.05. The molecule has 2 aliphatic rings. The Morgan fingerprint density at radius 3 is 2.85 bits per heavy atom. The van der Waals surface area contributed by atoms with Crippen LogP contribution in [0.2, 0.25) is 0 Å². The number of terminal acetylenes is 1. The third kappa shape index (κ3) is 3.97. The average Bonchev–Trinajstić information content (AvgIpc) is 2.76. The lowest BCUT2D eigenvalue weighted by Crippen LogP contribution is -2.44. The van der Waals surface area contributed by atoms with Crippen molar-refractivity contribution in [2.75, 3.05) is 6.61 Å². The zero-order valence-corrected chi connectivity index (χ0v) is 12.4. The van der Waals surface area contributed by atoms with E-state index in [1.165, 1.54) is 0 Å². The lowest BCUT2D eigenvalue weighted by molar-refractivity contribution is -0.127. The van der Waals surface area contributed by atoms with Crippen molar-refractivity contribution in [2.24, 2.45) is 5.92 Å². The van der Waals surface area contributed by atoms with Gasteiger partial charge in [-0.25, -0.2) is 0 Å². The van der Waals surface area contributed by atoms with E-state index in [4.69, 9.17) is 15.9 Å². The maximum absolute atomic E-state index is 12.3. The fraction of sp³-hybridized carbons (Fsp3) is 0.812. The number of amides is 1. The van der Waals surface area contributed by atoms with Crippen molar-refractivity contribution in [1.29, 1.82) is 0 Å². The summed E-state index contributed by atoms with van der Waals surface area (Å²) in [6.45, 7) is 4.36. The average molecular weight is 279 g/mol. The van der Waals surface area contributed by atoms with E-state index in [9.17, 15) is 4.79 Å². The minimum absolute atomic E-state index is 0.0158. The van der Waals surface area contributed by atoms with Crippen molar-refractivity contribution >= 4 is 5.91 Å². The van der Waals surface area contributed by atoms with Gasteiger partial charge in [-0.15, -0.1) is 6.42 Å². The van der Waals surface area contributed by atoms with Crippen molar-refractivity contribution in [1.82, 2.24) is 5.32 Å². The summed E-state index contributed by atoms with van der Waals surface area (Å²) in [5.74, 6) is 2.61. The van der Waals surface area contributed by atoms with Gasteiger partial charge < -0.3 is 14.8 Å². The van der Waals surface area contributed by atoms with Crippen LogP contribution in [0.5, 0.6) is 0 Å². The molecule has 5 unspecified atom stereocenters. The van der Waals surface area contributed by atoms with E-state index in [2.05, 4.69) is 11.2 Å².